The quantitative estimate of drug-likeness (QED) is 0.597. The van der Waals surface area contributed by atoms with Crippen LogP contribution in [0, 0.1) is 23.2 Å². The molecule has 2 rings (SSSR count). The lowest BCUT2D eigenvalue weighted by Gasteiger charge is -2.23. The zero-order chi connectivity index (χ0) is 17.9. The van der Waals surface area contributed by atoms with Gasteiger partial charge in [-0.25, -0.2) is 4.39 Å². The zero-order valence-electron chi connectivity index (χ0n) is 12.1. The molecule has 9 heteroatoms. The number of alkyl halides is 3. The van der Waals surface area contributed by atoms with Crippen molar-refractivity contribution in [3.8, 4) is 6.07 Å². The molecule has 0 saturated heterocycles. The second kappa shape index (κ2) is 7.09. The highest BCUT2D eigenvalue weighted by Crippen LogP contribution is 2.35. The smallest absolute Gasteiger partial charge is 0.298 e. The van der Waals surface area contributed by atoms with Crippen molar-refractivity contribution in [1.29, 1.82) is 5.26 Å². The van der Waals surface area contributed by atoms with Crippen molar-refractivity contribution < 1.29 is 22.4 Å². The minimum absolute atomic E-state index is 0.0745. The van der Waals surface area contributed by atoms with Crippen LogP contribution in [0.4, 0.5) is 17.6 Å². The van der Waals surface area contributed by atoms with Crippen LogP contribution in [0.2, 0.25) is 0 Å². The van der Waals surface area contributed by atoms with Crippen LogP contribution in [0.15, 0.2) is 46.4 Å². The molecule has 4 nitrogen and oxygen atoms in total. The second-order valence-corrected chi connectivity index (χ2v) is 5.71. The summed E-state index contributed by atoms with van der Waals surface area (Å²) < 4.78 is 52.8. The van der Waals surface area contributed by atoms with Crippen LogP contribution in [0.1, 0.15) is 12.8 Å². The van der Waals surface area contributed by atoms with Gasteiger partial charge in [0, 0.05) is 11.5 Å². The van der Waals surface area contributed by atoms with E-state index in [1.165, 1.54) is 12.2 Å². The third-order valence-electron chi connectivity index (χ3n) is 3.54. The zero-order valence-corrected chi connectivity index (χ0v) is 12.9. The van der Waals surface area contributed by atoms with Crippen molar-refractivity contribution in [3.63, 3.8) is 0 Å². The lowest BCUT2D eigenvalue weighted by atomic mass is 9.93. The molecule has 0 aromatic carbocycles. The fourth-order valence-electron chi connectivity index (χ4n) is 2.27. The highest BCUT2D eigenvalue weighted by atomic mass is 35.5. The van der Waals surface area contributed by atoms with Gasteiger partial charge in [-0.3, -0.25) is 15.6 Å². The minimum Gasteiger partial charge on any atom is -0.298 e. The number of nitrogens with zero attached hydrogens (tertiary/aromatic N) is 1. The molecule has 0 spiro atoms. The summed E-state index contributed by atoms with van der Waals surface area (Å²) in [6, 6.07) is 1.74. The fraction of sp³-hybridized carbons (Fsp3) is 0.333. The number of nitrogens with one attached hydrogen (secondary N) is 2. The van der Waals surface area contributed by atoms with Crippen LogP contribution in [0.3, 0.4) is 0 Å². The largest absolute Gasteiger partial charge is 0.414 e. The summed E-state index contributed by atoms with van der Waals surface area (Å²) in [6.45, 7) is 0. The van der Waals surface area contributed by atoms with Crippen LogP contribution in [0.25, 0.3) is 0 Å². The van der Waals surface area contributed by atoms with E-state index in [1.54, 1.807) is 6.07 Å². The Morgan fingerprint density at radius 2 is 2.04 bits per heavy atom. The van der Waals surface area contributed by atoms with Gasteiger partial charge in [-0.15, -0.1) is 0 Å². The summed E-state index contributed by atoms with van der Waals surface area (Å²) >= 11 is 5.73. The molecule has 0 aliphatic heterocycles. The van der Waals surface area contributed by atoms with Gasteiger partial charge in [-0.2, -0.15) is 18.4 Å². The molecular formula is C15H12ClF4N3O. The third kappa shape index (κ3) is 4.17. The van der Waals surface area contributed by atoms with Gasteiger partial charge in [0.15, 0.2) is 0 Å². The second-order valence-electron chi connectivity index (χ2n) is 5.22. The molecule has 2 N–H and O–H groups in total. The first-order valence-corrected chi connectivity index (χ1v) is 7.26. The summed E-state index contributed by atoms with van der Waals surface area (Å²) in [7, 11) is 0. The van der Waals surface area contributed by atoms with E-state index < -0.39 is 41.7 Å². The Labute approximate surface area is 140 Å². The normalized spacial score (nSPS) is 24.0. The van der Waals surface area contributed by atoms with Crippen LogP contribution in [-0.4, -0.2) is 12.1 Å². The van der Waals surface area contributed by atoms with Crippen molar-refractivity contribution in [2.45, 2.75) is 19.0 Å². The lowest BCUT2D eigenvalue weighted by Crippen LogP contribution is -2.42. The van der Waals surface area contributed by atoms with Gasteiger partial charge >= 0.3 is 6.18 Å². The maximum absolute atomic E-state index is 13.6. The van der Waals surface area contributed by atoms with E-state index in [0.29, 0.717) is 0 Å². The van der Waals surface area contributed by atoms with Crippen LogP contribution in [-0.2, 0) is 4.79 Å². The molecule has 0 fully saturated rings. The molecule has 2 aliphatic carbocycles. The van der Waals surface area contributed by atoms with Gasteiger partial charge in [0.05, 0.1) is 29.2 Å². The molecular weight excluding hydrogens is 350 g/mol. The number of nitriles is 1. The summed E-state index contributed by atoms with van der Waals surface area (Å²) in [6.07, 6.45) is -0.547. The van der Waals surface area contributed by atoms with E-state index in [-0.39, 0.29) is 17.2 Å². The van der Waals surface area contributed by atoms with Gasteiger partial charge in [0.1, 0.15) is 5.83 Å². The van der Waals surface area contributed by atoms with Gasteiger partial charge in [0.25, 0.3) is 0 Å². The molecule has 0 bridgehead atoms. The molecule has 128 valence electrons. The monoisotopic (exact) mass is 361 g/mol. The summed E-state index contributed by atoms with van der Waals surface area (Å²) in [5, 5.41) is 9.02. The van der Waals surface area contributed by atoms with Gasteiger partial charge < -0.3 is 0 Å². The summed E-state index contributed by atoms with van der Waals surface area (Å²) in [5.74, 6) is -3.68. The van der Waals surface area contributed by atoms with E-state index in [0.717, 1.165) is 12.2 Å². The van der Waals surface area contributed by atoms with Crippen LogP contribution < -0.4 is 10.9 Å². The molecule has 2 unspecified atom stereocenters. The van der Waals surface area contributed by atoms with E-state index >= 15 is 0 Å². The fourth-order valence-corrected chi connectivity index (χ4v) is 2.48. The molecule has 0 aromatic heterocycles. The Hall–Kier alpha value is -2.27. The molecule has 24 heavy (non-hydrogen) atoms. The van der Waals surface area contributed by atoms with E-state index in [4.69, 9.17) is 16.9 Å². The van der Waals surface area contributed by atoms with Gasteiger partial charge in [0.2, 0.25) is 5.91 Å². The first-order chi connectivity index (χ1) is 11.2. The topological polar surface area (TPSA) is 64.9 Å². The number of hydrazine groups is 1. The Kier molecular flexibility index (Phi) is 5.34. The third-order valence-corrected chi connectivity index (χ3v) is 3.82. The van der Waals surface area contributed by atoms with Crippen molar-refractivity contribution in [1.82, 2.24) is 10.9 Å². The Morgan fingerprint density at radius 3 is 2.67 bits per heavy atom. The predicted octanol–water partition coefficient (Wildman–Crippen LogP) is 3.52. The first kappa shape index (κ1) is 18.1. The van der Waals surface area contributed by atoms with E-state index in [9.17, 15) is 22.4 Å². The molecule has 0 saturated carbocycles. The van der Waals surface area contributed by atoms with Crippen molar-refractivity contribution in [2.24, 2.45) is 11.8 Å². The Bertz CT molecular complexity index is 700. The number of hydrogen-bond donors (Lipinski definition) is 2. The number of allylic oxidation sites excluding steroid dienone is 6. The van der Waals surface area contributed by atoms with Crippen molar-refractivity contribution in [3.05, 3.63) is 46.4 Å². The number of hydrogen-bond acceptors (Lipinski definition) is 3. The maximum Gasteiger partial charge on any atom is 0.414 e. The average molecular weight is 362 g/mol. The number of amides is 1. The minimum atomic E-state index is -4.66. The molecule has 0 radical (unpaired) electrons. The maximum atomic E-state index is 13.6. The Morgan fingerprint density at radius 1 is 1.33 bits per heavy atom. The van der Waals surface area contributed by atoms with Crippen LogP contribution >= 0.6 is 11.6 Å². The standard InChI is InChI=1S/C15H12ClF4N3O/c16-9-2-3-12(17)10(6-9)14(24)23-22-13-4-1-8(7-21)5-11(13)15(18,19)20/h1-4,8,10,22H,5-6H2,(H,23,24). The highest BCUT2D eigenvalue weighted by molar-refractivity contribution is 6.30. The Balaban J connectivity index is 2.10. The number of carbonyl (C=O) groups is 1. The molecule has 0 aromatic rings. The molecule has 1 amide bonds. The SMILES string of the molecule is N#CC1C=CC(NNC(=O)C2CC(Cl)=CC=C2F)=C(C(F)(F)F)C1. The van der Waals surface area contributed by atoms with Crippen molar-refractivity contribution >= 4 is 17.5 Å². The van der Waals surface area contributed by atoms with Gasteiger partial charge in [-0.1, -0.05) is 17.7 Å². The lowest BCUT2D eigenvalue weighted by molar-refractivity contribution is -0.125. The van der Waals surface area contributed by atoms with E-state index in [1.807, 2.05) is 0 Å². The van der Waals surface area contributed by atoms with Crippen LogP contribution in [0.5, 0.6) is 0 Å². The number of halogens is 5. The number of carbonyl (C=O) groups excluding carboxylic acids is 1. The summed E-state index contributed by atoms with van der Waals surface area (Å²) in [5.41, 5.74) is 2.87. The number of rotatable bonds is 3. The predicted molar refractivity (Wildman–Crippen MR) is 78.5 cm³/mol. The van der Waals surface area contributed by atoms with Gasteiger partial charge in [-0.05, 0) is 24.6 Å². The van der Waals surface area contributed by atoms with E-state index in [2.05, 4.69) is 10.9 Å². The molecule has 2 atom stereocenters. The molecule has 0 heterocycles. The van der Waals surface area contributed by atoms with Crippen molar-refractivity contribution in [2.75, 3.05) is 0 Å². The summed E-state index contributed by atoms with van der Waals surface area (Å²) in [4.78, 5) is 12.0. The molecule has 2 aliphatic rings. The first-order valence-electron chi connectivity index (χ1n) is 6.88. The highest BCUT2D eigenvalue weighted by Gasteiger charge is 2.38. The average Bonchev–Trinajstić information content (AvgIpc) is 2.53.